The van der Waals surface area contributed by atoms with Crippen LogP contribution in [0, 0.1) is 6.92 Å². The topological polar surface area (TPSA) is 85.8 Å². The Balaban J connectivity index is 1.96. The van der Waals surface area contributed by atoms with Crippen LogP contribution in [-0.2, 0) is 13.1 Å². The standard InChI is InChI=1S/C13H17N5O2/c1-3-17-10(6-8(2)15-17)7-18-12(9-4-5-9)11(13(19)20)14-16-18/h6,9H,3-5,7H2,1-2H3,(H,19,20). The molecule has 0 spiro atoms. The molecular weight excluding hydrogens is 258 g/mol. The maximum Gasteiger partial charge on any atom is 0.358 e. The largest absolute Gasteiger partial charge is 0.476 e. The van der Waals surface area contributed by atoms with Gasteiger partial charge >= 0.3 is 5.97 Å². The van der Waals surface area contributed by atoms with Gasteiger partial charge in [0.15, 0.2) is 5.69 Å². The van der Waals surface area contributed by atoms with Crippen molar-refractivity contribution in [3.63, 3.8) is 0 Å². The van der Waals surface area contributed by atoms with Crippen molar-refractivity contribution in [3.05, 3.63) is 28.8 Å². The second-order valence-corrected chi connectivity index (χ2v) is 5.15. The molecule has 0 atom stereocenters. The van der Waals surface area contributed by atoms with Crippen LogP contribution in [-0.4, -0.2) is 35.9 Å². The molecule has 1 fully saturated rings. The third-order valence-corrected chi connectivity index (χ3v) is 3.54. The summed E-state index contributed by atoms with van der Waals surface area (Å²) in [6.07, 6.45) is 2.03. The van der Waals surface area contributed by atoms with Crippen molar-refractivity contribution in [1.29, 1.82) is 0 Å². The van der Waals surface area contributed by atoms with E-state index in [1.807, 2.05) is 24.6 Å². The molecule has 7 nitrogen and oxygen atoms in total. The quantitative estimate of drug-likeness (QED) is 0.892. The molecule has 0 unspecified atom stereocenters. The molecular formula is C13H17N5O2. The zero-order valence-electron chi connectivity index (χ0n) is 11.6. The summed E-state index contributed by atoms with van der Waals surface area (Å²) < 4.78 is 3.62. The van der Waals surface area contributed by atoms with E-state index in [0.29, 0.717) is 6.54 Å². The van der Waals surface area contributed by atoms with Crippen LogP contribution in [0.2, 0.25) is 0 Å². The van der Waals surface area contributed by atoms with Crippen molar-refractivity contribution >= 4 is 5.97 Å². The summed E-state index contributed by atoms with van der Waals surface area (Å²) in [5, 5.41) is 21.4. The number of aryl methyl sites for hydroxylation is 2. The molecule has 0 bridgehead atoms. The van der Waals surface area contributed by atoms with Crippen LogP contribution >= 0.6 is 0 Å². The Hall–Kier alpha value is -2.18. The number of carbonyl (C=O) groups is 1. The third-order valence-electron chi connectivity index (χ3n) is 3.54. The molecule has 1 aliphatic rings. The second kappa shape index (κ2) is 4.73. The number of nitrogens with zero attached hydrogens (tertiary/aromatic N) is 5. The van der Waals surface area contributed by atoms with Gasteiger partial charge in [-0.15, -0.1) is 5.10 Å². The van der Waals surface area contributed by atoms with E-state index in [1.165, 1.54) is 0 Å². The highest BCUT2D eigenvalue weighted by atomic mass is 16.4. The van der Waals surface area contributed by atoms with Crippen LogP contribution in [0.1, 0.15) is 53.3 Å². The first-order valence-corrected chi connectivity index (χ1v) is 6.80. The van der Waals surface area contributed by atoms with E-state index in [4.69, 9.17) is 0 Å². The molecule has 1 aliphatic carbocycles. The van der Waals surface area contributed by atoms with Crippen LogP contribution < -0.4 is 0 Å². The molecule has 2 aromatic rings. The SMILES string of the molecule is CCn1nc(C)cc1Cn1nnc(C(=O)O)c1C1CC1. The van der Waals surface area contributed by atoms with Crippen LogP contribution in [0.5, 0.6) is 0 Å². The first kappa shape index (κ1) is 12.8. The number of rotatable bonds is 5. The molecule has 3 rings (SSSR count). The van der Waals surface area contributed by atoms with Crippen LogP contribution in [0.4, 0.5) is 0 Å². The molecule has 0 saturated heterocycles. The predicted octanol–water partition coefficient (Wildman–Crippen LogP) is 1.43. The van der Waals surface area contributed by atoms with Gasteiger partial charge in [0.05, 0.1) is 23.6 Å². The van der Waals surface area contributed by atoms with Crippen molar-refractivity contribution in [3.8, 4) is 0 Å². The van der Waals surface area contributed by atoms with Crippen LogP contribution in [0.3, 0.4) is 0 Å². The number of aromatic nitrogens is 5. The Kier molecular flexibility index (Phi) is 3.04. The average Bonchev–Trinajstić information content (AvgIpc) is 3.06. The fourth-order valence-electron chi connectivity index (χ4n) is 2.50. The van der Waals surface area contributed by atoms with Gasteiger partial charge in [-0.05, 0) is 32.8 Å². The fourth-order valence-corrected chi connectivity index (χ4v) is 2.50. The third kappa shape index (κ3) is 2.19. The van der Waals surface area contributed by atoms with Crippen molar-refractivity contribution in [1.82, 2.24) is 24.8 Å². The lowest BCUT2D eigenvalue weighted by atomic mass is 10.2. The molecule has 0 amide bonds. The number of carboxylic acid groups (broad SMARTS) is 1. The van der Waals surface area contributed by atoms with Gasteiger partial charge in [-0.3, -0.25) is 4.68 Å². The molecule has 1 saturated carbocycles. The zero-order valence-corrected chi connectivity index (χ0v) is 11.6. The number of hydrogen-bond acceptors (Lipinski definition) is 4. The van der Waals surface area contributed by atoms with E-state index >= 15 is 0 Å². The van der Waals surface area contributed by atoms with E-state index < -0.39 is 5.97 Å². The minimum Gasteiger partial charge on any atom is -0.476 e. The summed E-state index contributed by atoms with van der Waals surface area (Å²) >= 11 is 0. The Bertz CT molecular complexity index is 654. The normalized spacial score (nSPS) is 14.7. The second-order valence-electron chi connectivity index (χ2n) is 5.15. The molecule has 20 heavy (non-hydrogen) atoms. The molecule has 0 aromatic carbocycles. The fraction of sp³-hybridized carbons (Fsp3) is 0.538. The van der Waals surface area contributed by atoms with E-state index in [1.54, 1.807) is 4.68 Å². The summed E-state index contributed by atoms with van der Waals surface area (Å²) in [6.45, 7) is 5.27. The number of carboxylic acids is 1. The Morgan fingerprint density at radius 1 is 1.45 bits per heavy atom. The highest BCUT2D eigenvalue weighted by molar-refractivity contribution is 5.86. The van der Waals surface area contributed by atoms with E-state index in [2.05, 4.69) is 15.4 Å². The Labute approximate surface area is 116 Å². The summed E-state index contributed by atoms with van der Waals surface area (Å²) in [4.78, 5) is 11.2. The minimum absolute atomic E-state index is 0.0896. The van der Waals surface area contributed by atoms with E-state index in [0.717, 1.165) is 36.5 Å². The summed E-state index contributed by atoms with van der Waals surface area (Å²) in [6, 6.07) is 2.00. The van der Waals surface area contributed by atoms with Gasteiger partial charge in [0.1, 0.15) is 0 Å². The van der Waals surface area contributed by atoms with Crippen molar-refractivity contribution < 1.29 is 9.90 Å². The molecule has 2 heterocycles. The molecule has 0 aliphatic heterocycles. The maximum atomic E-state index is 11.2. The molecule has 106 valence electrons. The Morgan fingerprint density at radius 2 is 2.20 bits per heavy atom. The van der Waals surface area contributed by atoms with Crippen molar-refractivity contribution in [2.75, 3.05) is 0 Å². The monoisotopic (exact) mass is 275 g/mol. The lowest BCUT2D eigenvalue weighted by molar-refractivity contribution is 0.0689. The van der Waals surface area contributed by atoms with Crippen molar-refractivity contribution in [2.45, 2.75) is 45.7 Å². The summed E-state index contributed by atoms with van der Waals surface area (Å²) in [5.41, 5.74) is 2.81. The van der Waals surface area contributed by atoms with Gasteiger partial charge < -0.3 is 5.11 Å². The molecule has 7 heteroatoms. The smallest absolute Gasteiger partial charge is 0.358 e. The molecule has 2 aromatic heterocycles. The van der Waals surface area contributed by atoms with E-state index in [-0.39, 0.29) is 11.6 Å². The summed E-state index contributed by atoms with van der Waals surface area (Å²) in [7, 11) is 0. The van der Waals surface area contributed by atoms with Gasteiger partial charge in [0.25, 0.3) is 0 Å². The van der Waals surface area contributed by atoms with Gasteiger partial charge in [-0.1, -0.05) is 5.21 Å². The first-order chi connectivity index (χ1) is 9.60. The predicted molar refractivity (Wildman–Crippen MR) is 70.7 cm³/mol. The highest BCUT2D eigenvalue weighted by Gasteiger charge is 2.33. The van der Waals surface area contributed by atoms with Crippen LogP contribution in [0.15, 0.2) is 6.07 Å². The van der Waals surface area contributed by atoms with Gasteiger partial charge in [-0.25, -0.2) is 9.48 Å². The summed E-state index contributed by atoms with van der Waals surface area (Å²) in [5.74, 6) is -0.714. The van der Waals surface area contributed by atoms with Crippen LogP contribution in [0.25, 0.3) is 0 Å². The highest BCUT2D eigenvalue weighted by Crippen LogP contribution is 2.41. The number of aromatic carboxylic acids is 1. The maximum absolute atomic E-state index is 11.2. The molecule has 0 radical (unpaired) electrons. The van der Waals surface area contributed by atoms with Gasteiger partial charge in [0.2, 0.25) is 0 Å². The lowest BCUT2D eigenvalue weighted by Gasteiger charge is -2.07. The van der Waals surface area contributed by atoms with Gasteiger partial charge in [-0.2, -0.15) is 5.10 Å². The van der Waals surface area contributed by atoms with E-state index in [9.17, 15) is 9.90 Å². The first-order valence-electron chi connectivity index (χ1n) is 6.80. The zero-order chi connectivity index (χ0) is 14.3. The van der Waals surface area contributed by atoms with Crippen molar-refractivity contribution in [2.24, 2.45) is 0 Å². The minimum atomic E-state index is -1.00. The lowest BCUT2D eigenvalue weighted by Crippen LogP contribution is -2.12. The van der Waals surface area contributed by atoms with Gasteiger partial charge in [0, 0.05) is 12.5 Å². The average molecular weight is 275 g/mol. The number of hydrogen-bond donors (Lipinski definition) is 1. The Morgan fingerprint density at radius 3 is 2.80 bits per heavy atom. The molecule has 1 N–H and O–H groups in total.